The van der Waals surface area contributed by atoms with Gasteiger partial charge in [0.25, 0.3) is 5.09 Å². The number of ether oxygens (including phenoxy) is 1. The van der Waals surface area contributed by atoms with Gasteiger partial charge in [-0.15, -0.1) is 0 Å². The van der Waals surface area contributed by atoms with Crippen molar-refractivity contribution in [3.05, 3.63) is 11.8 Å². The number of nitrogens with zero attached hydrogens (tertiary/aromatic N) is 1. The van der Waals surface area contributed by atoms with E-state index in [0.717, 1.165) is 6.07 Å². The first kappa shape index (κ1) is 8.88. The predicted molar refractivity (Wildman–Crippen MR) is 36.9 cm³/mol. The zero-order valence-electron chi connectivity index (χ0n) is 6.01. The van der Waals surface area contributed by atoms with Crippen molar-refractivity contribution in [2.24, 2.45) is 0 Å². The van der Waals surface area contributed by atoms with E-state index >= 15 is 0 Å². The van der Waals surface area contributed by atoms with Crippen LogP contribution in [0.2, 0.25) is 0 Å². The van der Waals surface area contributed by atoms with Crippen molar-refractivity contribution < 1.29 is 22.8 Å². The SMILES string of the molecule is COC(=O)c1cc(S(=O)O)on1. The van der Waals surface area contributed by atoms with Crippen LogP contribution in [0.4, 0.5) is 0 Å². The molecule has 0 aliphatic carbocycles. The summed E-state index contributed by atoms with van der Waals surface area (Å²) in [4.78, 5) is 10.7. The van der Waals surface area contributed by atoms with Gasteiger partial charge in [0.1, 0.15) is 0 Å². The minimum absolute atomic E-state index is 0.130. The maximum Gasteiger partial charge on any atom is 0.360 e. The second-order valence-electron chi connectivity index (χ2n) is 1.77. The van der Waals surface area contributed by atoms with Gasteiger partial charge in [-0.3, -0.25) is 4.55 Å². The van der Waals surface area contributed by atoms with Gasteiger partial charge in [0, 0.05) is 6.07 Å². The van der Waals surface area contributed by atoms with E-state index in [1.54, 1.807) is 0 Å². The van der Waals surface area contributed by atoms with Crippen molar-refractivity contribution in [2.75, 3.05) is 7.11 Å². The molecule has 1 N–H and O–H groups in total. The molecular weight excluding hydrogens is 186 g/mol. The van der Waals surface area contributed by atoms with Crippen molar-refractivity contribution >= 4 is 17.0 Å². The number of esters is 1. The van der Waals surface area contributed by atoms with E-state index in [9.17, 15) is 9.00 Å². The number of aromatic nitrogens is 1. The minimum Gasteiger partial charge on any atom is -0.464 e. The van der Waals surface area contributed by atoms with Crippen molar-refractivity contribution in [1.29, 1.82) is 0 Å². The van der Waals surface area contributed by atoms with Crippen molar-refractivity contribution in [3.63, 3.8) is 0 Å². The fraction of sp³-hybridized carbons (Fsp3) is 0.200. The highest BCUT2D eigenvalue weighted by Crippen LogP contribution is 2.07. The number of rotatable bonds is 2. The average Bonchev–Trinajstić information content (AvgIpc) is 2.51. The van der Waals surface area contributed by atoms with E-state index in [2.05, 4.69) is 14.4 Å². The first-order chi connectivity index (χ1) is 5.65. The summed E-state index contributed by atoms with van der Waals surface area (Å²) >= 11 is -2.26. The predicted octanol–water partition coefficient (Wildman–Crippen LogP) is 0.0418. The molecular formula is C5H5NO5S. The van der Waals surface area contributed by atoms with Crippen molar-refractivity contribution in [2.45, 2.75) is 5.09 Å². The van der Waals surface area contributed by atoms with Gasteiger partial charge >= 0.3 is 5.97 Å². The van der Waals surface area contributed by atoms with Crippen LogP contribution in [0.15, 0.2) is 15.7 Å². The summed E-state index contributed by atoms with van der Waals surface area (Å²) in [5.74, 6) is -0.713. The van der Waals surface area contributed by atoms with Crippen LogP contribution in [0.3, 0.4) is 0 Å². The zero-order chi connectivity index (χ0) is 9.14. The molecule has 0 saturated carbocycles. The number of carbonyl (C=O) groups is 1. The Morgan fingerprint density at radius 1 is 1.83 bits per heavy atom. The van der Waals surface area contributed by atoms with Crippen LogP contribution in [0, 0.1) is 0 Å². The van der Waals surface area contributed by atoms with E-state index < -0.39 is 17.0 Å². The molecule has 0 fully saturated rings. The van der Waals surface area contributed by atoms with Gasteiger partial charge in [-0.1, -0.05) is 5.16 Å². The highest BCUT2D eigenvalue weighted by Gasteiger charge is 2.15. The molecule has 6 nitrogen and oxygen atoms in total. The Labute approximate surface area is 69.8 Å². The summed E-state index contributed by atoms with van der Waals surface area (Å²) in [6, 6.07) is 1.04. The van der Waals surface area contributed by atoms with Gasteiger partial charge in [0.15, 0.2) is 5.69 Å². The van der Waals surface area contributed by atoms with Crippen LogP contribution in [-0.4, -0.2) is 27.0 Å². The molecule has 1 aromatic rings. The first-order valence-corrected chi connectivity index (χ1v) is 3.91. The third-order valence-corrected chi connectivity index (χ3v) is 1.59. The van der Waals surface area contributed by atoms with Gasteiger partial charge in [-0.2, -0.15) is 0 Å². The van der Waals surface area contributed by atoms with Crippen LogP contribution in [0.25, 0.3) is 0 Å². The highest BCUT2D eigenvalue weighted by molar-refractivity contribution is 7.79. The normalized spacial score (nSPS) is 12.5. The van der Waals surface area contributed by atoms with E-state index in [1.165, 1.54) is 7.11 Å². The third-order valence-electron chi connectivity index (χ3n) is 1.06. The Morgan fingerprint density at radius 3 is 2.92 bits per heavy atom. The monoisotopic (exact) mass is 191 g/mol. The van der Waals surface area contributed by atoms with Crippen LogP contribution in [-0.2, 0) is 15.8 Å². The summed E-state index contributed by atoms with van der Waals surface area (Å²) in [5.41, 5.74) is -0.130. The summed E-state index contributed by atoms with van der Waals surface area (Å²) in [6.07, 6.45) is 0. The summed E-state index contributed by atoms with van der Waals surface area (Å²) < 4.78 is 27.5. The Balaban J connectivity index is 2.91. The maximum atomic E-state index is 10.7. The van der Waals surface area contributed by atoms with Gasteiger partial charge in [0.05, 0.1) is 7.11 Å². The quantitative estimate of drug-likeness (QED) is 0.524. The Hall–Kier alpha value is -1.21. The van der Waals surface area contributed by atoms with Crippen molar-refractivity contribution in [1.82, 2.24) is 5.16 Å². The molecule has 1 heterocycles. The first-order valence-electron chi connectivity index (χ1n) is 2.81. The lowest BCUT2D eigenvalue weighted by Gasteiger charge is -1.88. The van der Waals surface area contributed by atoms with Gasteiger partial charge in [0.2, 0.25) is 11.1 Å². The second-order valence-corrected chi connectivity index (χ2v) is 2.67. The van der Waals surface area contributed by atoms with E-state index in [-0.39, 0.29) is 10.8 Å². The lowest BCUT2D eigenvalue weighted by atomic mass is 10.4. The molecule has 1 atom stereocenters. The molecule has 12 heavy (non-hydrogen) atoms. The van der Waals surface area contributed by atoms with Gasteiger partial charge in [-0.25, -0.2) is 9.00 Å². The highest BCUT2D eigenvalue weighted by atomic mass is 32.2. The largest absolute Gasteiger partial charge is 0.464 e. The van der Waals surface area contributed by atoms with Crippen LogP contribution in [0.1, 0.15) is 10.5 Å². The lowest BCUT2D eigenvalue weighted by molar-refractivity contribution is 0.0588. The number of hydrogen-bond acceptors (Lipinski definition) is 5. The molecule has 0 spiro atoms. The van der Waals surface area contributed by atoms with Gasteiger partial charge < -0.3 is 9.26 Å². The molecule has 1 unspecified atom stereocenters. The van der Waals surface area contributed by atoms with Crippen LogP contribution >= 0.6 is 0 Å². The molecule has 0 bridgehead atoms. The zero-order valence-corrected chi connectivity index (χ0v) is 6.83. The fourth-order valence-corrected chi connectivity index (χ4v) is 0.855. The molecule has 0 saturated heterocycles. The summed E-state index contributed by atoms with van der Waals surface area (Å²) in [6.45, 7) is 0. The van der Waals surface area contributed by atoms with E-state index in [0.29, 0.717) is 0 Å². The number of methoxy groups -OCH3 is 1. The Kier molecular flexibility index (Phi) is 2.56. The molecule has 1 aromatic heterocycles. The molecule has 1 rings (SSSR count). The average molecular weight is 191 g/mol. The topological polar surface area (TPSA) is 89.6 Å². The molecule has 0 amide bonds. The Morgan fingerprint density at radius 2 is 2.50 bits per heavy atom. The standard InChI is InChI=1S/C5H5NO5S/c1-10-5(7)3-2-4(11-6-3)12(8)9/h2H,1H3,(H,8,9). The Bertz CT molecular complexity index is 319. The minimum atomic E-state index is -2.26. The van der Waals surface area contributed by atoms with Crippen LogP contribution in [0.5, 0.6) is 0 Å². The maximum absolute atomic E-state index is 10.7. The summed E-state index contributed by atoms with van der Waals surface area (Å²) in [7, 11) is 1.17. The number of hydrogen-bond donors (Lipinski definition) is 1. The lowest BCUT2D eigenvalue weighted by Crippen LogP contribution is -2.00. The smallest absolute Gasteiger partial charge is 0.360 e. The molecule has 0 aliphatic heterocycles. The van der Waals surface area contributed by atoms with E-state index in [1.807, 2.05) is 0 Å². The molecule has 7 heteroatoms. The van der Waals surface area contributed by atoms with Gasteiger partial charge in [-0.05, 0) is 0 Å². The number of carbonyl (C=O) groups excluding carboxylic acids is 1. The molecule has 0 aromatic carbocycles. The second kappa shape index (κ2) is 3.46. The van der Waals surface area contributed by atoms with Crippen LogP contribution < -0.4 is 0 Å². The molecule has 0 aliphatic rings. The molecule has 0 radical (unpaired) electrons. The van der Waals surface area contributed by atoms with E-state index in [4.69, 9.17) is 4.55 Å². The third kappa shape index (κ3) is 1.69. The summed E-state index contributed by atoms with van der Waals surface area (Å²) in [5, 5.41) is 2.92. The fourth-order valence-electron chi connectivity index (χ4n) is 0.542. The molecule has 66 valence electrons. The van der Waals surface area contributed by atoms with Crippen molar-refractivity contribution in [3.8, 4) is 0 Å².